The van der Waals surface area contributed by atoms with Gasteiger partial charge in [-0.1, -0.05) is 6.92 Å². The molecule has 2 fully saturated rings. The standard InChI is InChI=1S/C15H24N2O3S/c1-11-5-7-17(8-6-11)21(18,19)15-9-14(20-12(15)2)10-16-13-3-4-13/h9,11,13,16H,3-8,10H2,1-2H3. The van der Waals surface area contributed by atoms with Crippen LogP contribution in [-0.4, -0.2) is 31.9 Å². The van der Waals surface area contributed by atoms with Crippen LogP contribution in [0.15, 0.2) is 15.4 Å². The van der Waals surface area contributed by atoms with E-state index in [9.17, 15) is 8.42 Å². The highest BCUT2D eigenvalue weighted by atomic mass is 32.2. The van der Waals surface area contributed by atoms with Crippen molar-refractivity contribution in [3.8, 4) is 0 Å². The predicted octanol–water partition coefficient (Wildman–Crippen LogP) is 2.26. The quantitative estimate of drug-likeness (QED) is 0.906. The van der Waals surface area contributed by atoms with Crippen LogP contribution in [-0.2, 0) is 16.6 Å². The molecule has 2 aliphatic rings. The first-order valence-corrected chi connectivity index (χ1v) is 9.23. The van der Waals surface area contributed by atoms with Crippen molar-refractivity contribution in [2.45, 2.75) is 57.0 Å². The monoisotopic (exact) mass is 312 g/mol. The van der Waals surface area contributed by atoms with Gasteiger partial charge in [0.2, 0.25) is 10.0 Å². The summed E-state index contributed by atoms with van der Waals surface area (Å²) in [6.07, 6.45) is 4.28. The van der Waals surface area contributed by atoms with Crippen LogP contribution < -0.4 is 5.32 Å². The highest BCUT2D eigenvalue weighted by molar-refractivity contribution is 7.89. The first-order valence-electron chi connectivity index (χ1n) is 7.79. The lowest BCUT2D eigenvalue weighted by molar-refractivity contribution is 0.287. The molecule has 1 aromatic heterocycles. The van der Waals surface area contributed by atoms with Crippen molar-refractivity contribution >= 4 is 10.0 Å². The fraction of sp³-hybridized carbons (Fsp3) is 0.733. The number of hydrogen-bond acceptors (Lipinski definition) is 4. The molecule has 0 amide bonds. The van der Waals surface area contributed by atoms with E-state index in [2.05, 4.69) is 12.2 Å². The van der Waals surface area contributed by atoms with Crippen LogP contribution in [0.3, 0.4) is 0 Å². The van der Waals surface area contributed by atoms with E-state index in [0.29, 0.717) is 48.0 Å². The van der Waals surface area contributed by atoms with E-state index in [1.54, 1.807) is 17.3 Å². The van der Waals surface area contributed by atoms with E-state index in [1.165, 1.54) is 12.8 Å². The Balaban J connectivity index is 1.74. The first kappa shape index (κ1) is 15.1. The van der Waals surface area contributed by atoms with Gasteiger partial charge >= 0.3 is 0 Å². The van der Waals surface area contributed by atoms with Crippen molar-refractivity contribution in [2.75, 3.05) is 13.1 Å². The molecule has 1 saturated carbocycles. The number of aryl methyl sites for hydroxylation is 1. The second-order valence-corrected chi connectivity index (χ2v) is 8.28. The van der Waals surface area contributed by atoms with Gasteiger partial charge in [-0.25, -0.2) is 8.42 Å². The van der Waals surface area contributed by atoms with E-state index < -0.39 is 10.0 Å². The van der Waals surface area contributed by atoms with Crippen molar-refractivity contribution in [3.63, 3.8) is 0 Å². The average molecular weight is 312 g/mol. The third kappa shape index (κ3) is 3.33. The van der Waals surface area contributed by atoms with Crippen molar-refractivity contribution in [1.29, 1.82) is 0 Å². The summed E-state index contributed by atoms with van der Waals surface area (Å²) in [4.78, 5) is 0.338. The van der Waals surface area contributed by atoms with Crippen molar-refractivity contribution in [1.82, 2.24) is 9.62 Å². The maximum Gasteiger partial charge on any atom is 0.246 e. The number of nitrogens with zero attached hydrogens (tertiary/aromatic N) is 1. The van der Waals surface area contributed by atoms with E-state index in [0.717, 1.165) is 12.8 Å². The Morgan fingerprint density at radius 3 is 2.57 bits per heavy atom. The van der Waals surface area contributed by atoms with Gasteiger partial charge in [-0.2, -0.15) is 4.31 Å². The number of rotatable bonds is 5. The Bertz CT molecular complexity index is 596. The molecule has 3 rings (SSSR count). The van der Waals surface area contributed by atoms with Crippen LogP contribution in [0, 0.1) is 12.8 Å². The van der Waals surface area contributed by atoms with Crippen molar-refractivity contribution < 1.29 is 12.8 Å². The molecule has 1 saturated heterocycles. The molecular weight excluding hydrogens is 288 g/mol. The Morgan fingerprint density at radius 2 is 1.95 bits per heavy atom. The Morgan fingerprint density at radius 1 is 1.29 bits per heavy atom. The molecular formula is C15H24N2O3S. The number of nitrogens with one attached hydrogen (secondary N) is 1. The third-order valence-corrected chi connectivity index (χ3v) is 6.43. The van der Waals surface area contributed by atoms with E-state index in [-0.39, 0.29) is 0 Å². The normalized spacial score (nSPS) is 21.8. The molecule has 1 N–H and O–H groups in total. The summed E-state index contributed by atoms with van der Waals surface area (Å²) in [5.74, 6) is 1.82. The number of piperidine rings is 1. The molecule has 6 heteroatoms. The molecule has 0 bridgehead atoms. The van der Waals surface area contributed by atoms with Gasteiger partial charge in [0.05, 0.1) is 6.54 Å². The largest absolute Gasteiger partial charge is 0.464 e. The van der Waals surface area contributed by atoms with Gasteiger partial charge < -0.3 is 9.73 Å². The van der Waals surface area contributed by atoms with Gasteiger partial charge in [0.15, 0.2) is 0 Å². The van der Waals surface area contributed by atoms with E-state index >= 15 is 0 Å². The van der Waals surface area contributed by atoms with Gasteiger partial charge in [-0.15, -0.1) is 0 Å². The Kier molecular flexibility index (Phi) is 4.12. The maximum atomic E-state index is 12.7. The third-order valence-electron chi connectivity index (χ3n) is 4.43. The molecule has 0 radical (unpaired) electrons. The lowest BCUT2D eigenvalue weighted by Crippen LogP contribution is -2.37. The van der Waals surface area contributed by atoms with E-state index in [1.807, 2.05) is 0 Å². The van der Waals surface area contributed by atoms with Crippen LogP contribution in [0.4, 0.5) is 0 Å². The Hall–Kier alpha value is -0.850. The summed E-state index contributed by atoms with van der Waals surface area (Å²) >= 11 is 0. The molecule has 118 valence electrons. The predicted molar refractivity (Wildman–Crippen MR) is 80.5 cm³/mol. The Labute approximate surface area is 126 Å². The summed E-state index contributed by atoms with van der Waals surface area (Å²) in [7, 11) is -3.41. The molecule has 0 aromatic carbocycles. The summed E-state index contributed by atoms with van der Waals surface area (Å²) < 4.78 is 32.7. The first-order chi connectivity index (χ1) is 9.96. The number of hydrogen-bond donors (Lipinski definition) is 1. The van der Waals surface area contributed by atoms with Crippen molar-refractivity contribution in [3.05, 3.63) is 17.6 Å². The summed E-state index contributed by atoms with van der Waals surface area (Å²) in [6.45, 7) is 5.75. The van der Waals surface area contributed by atoms with Crippen LogP contribution in [0.2, 0.25) is 0 Å². The zero-order valence-electron chi connectivity index (χ0n) is 12.8. The van der Waals surface area contributed by atoms with Gasteiger partial charge in [0.1, 0.15) is 16.4 Å². The summed E-state index contributed by atoms with van der Waals surface area (Å²) in [6, 6.07) is 2.27. The topological polar surface area (TPSA) is 62.6 Å². The summed E-state index contributed by atoms with van der Waals surface area (Å²) in [5.41, 5.74) is 0. The zero-order chi connectivity index (χ0) is 15.0. The average Bonchev–Trinajstić information content (AvgIpc) is 3.19. The fourth-order valence-electron chi connectivity index (χ4n) is 2.76. The number of sulfonamides is 1. The SMILES string of the molecule is Cc1oc(CNC2CC2)cc1S(=O)(=O)N1CCC(C)CC1. The minimum atomic E-state index is -3.41. The fourth-order valence-corrected chi connectivity index (χ4v) is 4.42. The lowest BCUT2D eigenvalue weighted by Gasteiger charge is -2.29. The smallest absolute Gasteiger partial charge is 0.246 e. The molecule has 1 aliphatic heterocycles. The maximum absolute atomic E-state index is 12.7. The van der Waals surface area contributed by atoms with E-state index in [4.69, 9.17) is 4.42 Å². The van der Waals surface area contributed by atoms with Gasteiger partial charge in [-0.3, -0.25) is 0 Å². The second kappa shape index (κ2) is 5.74. The molecule has 0 atom stereocenters. The zero-order valence-corrected chi connectivity index (χ0v) is 13.6. The molecule has 21 heavy (non-hydrogen) atoms. The van der Waals surface area contributed by atoms with Crippen LogP contribution in [0.1, 0.15) is 44.1 Å². The molecule has 1 aliphatic carbocycles. The minimum Gasteiger partial charge on any atom is -0.464 e. The molecule has 5 nitrogen and oxygen atoms in total. The number of furan rings is 1. The molecule has 2 heterocycles. The molecule has 1 aromatic rings. The van der Waals surface area contributed by atoms with Crippen LogP contribution in [0.25, 0.3) is 0 Å². The summed E-state index contributed by atoms with van der Waals surface area (Å²) in [5, 5.41) is 3.35. The van der Waals surface area contributed by atoms with Crippen molar-refractivity contribution in [2.24, 2.45) is 5.92 Å². The minimum absolute atomic E-state index is 0.338. The molecule has 0 spiro atoms. The van der Waals surface area contributed by atoms with Crippen LogP contribution in [0.5, 0.6) is 0 Å². The lowest BCUT2D eigenvalue weighted by atomic mass is 10.0. The highest BCUT2D eigenvalue weighted by Gasteiger charge is 2.31. The van der Waals surface area contributed by atoms with Gasteiger partial charge in [0, 0.05) is 25.2 Å². The second-order valence-electron chi connectivity index (χ2n) is 6.37. The van der Waals surface area contributed by atoms with Gasteiger partial charge in [-0.05, 0) is 38.5 Å². The van der Waals surface area contributed by atoms with Crippen LogP contribution >= 0.6 is 0 Å². The van der Waals surface area contributed by atoms with Gasteiger partial charge in [0.25, 0.3) is 0 Å². The highest BCUT2D eigenvalue weighted by Crippen LogP contribution is 2.28. The molecule has 0 unspecified atom stereocenters.